The minimum atomic E-state index is -2.84. The number of halogens is 2. The summed E-state index contributed by atoms with van der Waals surface area (Å²) in [7, 11) is 0. The average molecular weight is 360 g/mol. The largest absolute Gasteiger partial charge is 0.351 e. The molecule has 0 bridgehead atoms. The number of rotatable bonds is 5. The van der Waals surface area contributed by atoms with Crippen LogP contribution in [0.2, 0.25) is 0 Å². The van der Waals surface area contributed by atoms with E-state index in [0.29, 0.717) is 11.3 Å². The van der Waals surface area contributed by atoms with Gasteiger partial charge in [-0.2, -0.15) is 0 Å². The number of carbonyl (C=O) groups excluding carboxylic acids is 2. The van der Waals surface area contributed by atoms with Gasteiger partial charge in [0.2, 0.25) is 5.91 Å². The van der Waals surface area contributed by atoms with E-state index < -0.39 is 30.8 Å². The Bertz CT molecular complexity index is 782. The zero-order valence-electron chi connectivity index (χ0n) is 13.8. The van der Waals surface area contributed by atoms with Crippen molar-refractivity contribution in [2.24, 2.45) is 0 Å². The summed E-state index contributed by atoms with van der Waals surface area (Å²) < 4.78 is 26.2. The molecule has 0 aliphatic carbocycles. The molecule has 0 spiro atoms. The molecule has 1 atom stereocenters. The summed E-state index contributed by atoms with van der Waals surface area (Å²) in [6.45, 7) is -0.277. The summed E-state index contributed by atoms with van der Waals surface area (Å²) in [4.78, 5) is 27.9. The third-order valence-electron chi connectivity index (χ3n) is 4.05. The standard InChI is InChI=1S/C18H18F2N4O2/c19-18(20)9-15(23-11-18)17(26)22-10-12-1-3-13(4-2-12)16(25)24-14-5-7-21-8-6-14/h1-8,15,23H,9-11H2,(H,22,26)(H,21,24,25). The van der Waals surface area contributed by atoms with Crippen molar-refractivity contribution >= 4 is 17.5 Å². The molecule has 0 radical (unpaired) electrons. The topological polar surface area (TPSA) is 83.1 Å². The summed E-state index contributed by atoms with van der Waals surface area (Å²) >= 11 is 0. The van der Waals surface area contributed by atoms with E-state index in [2.05, 4.69) is 20.9 Å². The number of hydrogen-bond acceptors (Lipinski definition) is 4. The maximum Gasteiger partial charge on any atom is 0.262 e. The molecule has 2 heterocycles. The maximum atomic E-state index is 13.1. The molecule has 1 aromatic heterocycles. The van der Waals surface area contributed by atoms with Crippen molar-refractivity contribution in [3.05, 3.63) is 59.9 Å². The molecule has 136 valence electrons. The molecule has 2 amide bonds. The van der Waals surface area contributed by atoms with Crippen molar-refractivity contribution in [2.75, 3.05) is 11.9 Å². The van der Waals surface area contributed by atoms with Gasteiger partial charge in [-0.15, -0.1) is 0 Å². The van der Waals surface area contributed by atoms with Crippen molar-refractivity contribution in [2.45, 2.75) is 24.9 Å². The molecule has 1 saturated heterocycles. The highest BCUT2D eigenvalue weighted by atomic mass is 19.3. The minimum absolute atomic E-state index is 0.203. The van der Waals surface area contributed by atoms with Crippen LogP contribution in [0.4, 0.5) is 14.5 Å². The van der Waals surface area contributed by atoms with Gasteiger partial charge in [-0.05, 0) is 29.8 Å². The number of nitrogens with one attached hydrogen (secondary N) is 3. The van der Waals surface area contributed by atoms with Gasteiger partial charge < -0.3 is 10.6 Å². The van der Waals surface area contributed by atoms with E-state index in [0.717, 1.165) is 5.56 Å². The number of aromatic nitrogens is 1. The summed E-state index contributed by atoms with van der Waals surface area (Å²) in [5, 5.41) is 7.88. The summed E-state index contributed by atoms with van der Waals surface area (Å²) in [6.07, 6.45) is 2.67. The fraction of sp³-hybridized carbons (Fsp3) is 0.278. The fourth-order valence-corrected chi connectivity index (χ4v) is 2.63. The monoisotopic (exact) mass is 360 g/mol. The Balaban J connectivity index is 1.51. The molecule has 1 fully saturated rings. The van der Waals surface area contributed by atoms with Gasteiger partial charge in [0.15, 0.2) is 0 Å². The first-order valence-corrected chi connectivity index (χ1v) is 8.12. The Hall–Kier alpha value is -2.87. The number of carbonyl (C=O) groups is 2. The smallest absolute Gasteiger partial charge is 0.262 e. The van der Waals surface area contributed by atoms with Crippen LogP contribution in [0.5, 0.6) is 0 Å². The van der Waals surface area contributed by atoms with E-state index in [-0.39, 0.29) is 12.5 Å². The molecule has 1 aliphatic rings. The van der Waals surface area contributed by atoms with E-state index in [1.807, 2.05) is 0 Å². The molecule has 0 saturated carbocycles. The Morgan fingerprint density at radius 2 is 1.85 bits per heavy atom. The van der Waals surface area contributed by atoms with Gasteiger partial charge in [0.1, 0.15) is 0 Å². The Morgan fingerprint density at radius 3 is 2.46 bits per heavy atom. The zero-order chi connectivity index (χ0) is 18.6. The predicted molar refractivity (Wildman–Crippen MR) is 91.8 cm³/mol. The third kappa shape index (κ3) is 4.60. The molecule has 6 nitrogen and oxygen atoms in total. The van der Waals surface area contributed by atoms with Crippen LogP contribution in [0.1, 0.15) is 22.3 Å². The summed E-state index contributed by atoms with van der Waals surface area (Å²) in [5.74, 6) is -3.56. The average Bonchev–Trinajstić information content (AvgIpc) is 3.01. The molecule has 1 unspecified atom stereocenters. The van der Waals surface area contributed by atoms with E-state index in [1.165, 1.54) is 0 Å². The molecule has 8 heteroatoms. The lowest BCUT2D eigenvalue weighted by Gasteiger charge is -2.11. The highest BCUT2D eigenvalue weighted by Gasteiger charge is 2.42. The van der Waals surface area contributed by atoms with Crippen molar-refractivity contribution < 1.29 is 18.4 Å². The second-order valence-corrected chi connectivity index (χ2v) is 6.10. The molecule has 1 aromatic carbocycles. The van der Waals surface area contributed by atoms with Crippen molar-refractivity contribution in [1.82, 2.24) is 15.6 Å². The van der Waals surface area contributed by atoms with Crippen molar-refractivity contribution in [3.8, 4) is 0 Å². The van der Waals surface area contributed by atoms with Crippen LogP contribution in [-0.4, -0.2) is 35.3 Å². The Kier molecular flexibility index (Phi) is 5.22. The lowest BCUT2D eigenvalue weighted by molar-refractivity contribution is -0.123. The SMILES string of the molecule is O=C(Nc1ccncc1)c1ccc(CNC(=O)C2CC(F)(F)CN2)cc1. The normalized spacial score (nSPS) is 18.3. The highest BCUT2D eigenvalue weighted by Crippen LogP contribution is 2.25. The van der Waals surface area contributed by atoms with Crippen LogP contribution in [0, 0.1) is 0 Å². The number of nitrogens with zero attached hydrogens (tertiary/aromatic N) is 1. The molecule has 2 aromatic rings. The molecule has 3 N–H and O–H groups in total. The van der Waals surface area contributed by atoms with Gasteiger partial charge in [-0.25, -0.2) is 8.78 Å². The van der Waals surface area contributed by atoms with Crippen LogP contribution < -0.4 is 16.0 Å². The Morgan fingerprint density at radius 1 is 1.15 bits per heavy atom. The number of anilines is 1. The van der Waals surface area contributed by atoms with Gasteiger partial charge in [-0.3, -0.25) is 19.9 Å². The van der Waals surface area contributed by atoms with Gasteiger partial charge in [-0.1, -0.05) is 12.1 Å². The first-order valence-electron chi connectivity index (χ1n) is 8.12. The van der Waals surface area contributed by atoms with E-state index >= 15 is 0 Å². The molecular weight excluding hydrogens is 342 g/mol. The molecule has 1 aliphatic heterocycles. The van der Waals surface area contributed by atoms with E-state index in [4.69, 9.17) is 0 Å². The molecular formula is C18H18F2N4O2. The highest BCUT2D eigenvalue weighted by molar-refractivity contribution is 6.04. The second-order valence-electron chi connectivity index (χ2n) is 6.10. The number of amides is 2. The lowest BCUT2D eigenvalue weighted by Crippen LogP contribution is -2.40. The zero-order valence-corrected chi connectivity index (χ0v) is 13.8. The predicted octanol–water partition coefficient (Wildman–Crippen LogP) is 1.95. The van der Waals surface area contributed by atoms with Gasteiger partial charge in [0.25, 0.3) is 11.8 Å². The lowest BCUT2D eigenvalue weighted by atomic mass is 10.1. The van der Waals surface area contributed by atoms with E-state index in [1.54, 1.807) is 48.8 Å². The third-order valence-corrected chi connectivity index (χ3v) is 4.05. The van der Waals surface area contributed by atoms with Crippen molar-refractivity contribution in [1.29, 1.82) is 0 Å². The second kappa shape index (κ2) is 7.57. The van der Waals surface area contributed by atoms with Crippen LogP contribution in [-0.2, 0) is 11.3 Å². The first kappa shape index (κ1) is 17.9. The summed E-state index contributed by atoms with van der Waals surface area (Å²) in [6, 6.07) is 9.18. The fourth-order valence-electron chi connectivity index (χ4n) is 2.63. The van der Waals surface area contributed by atoms with Crippen LogP contribution >= 0.6 is 0 Å². The van der Waals surface area contributed by atoms with Gasteiger partial charge >= 0.3 is 0 Å². The minimum Gasteiger partial charge on any atom is -0.351 e. The maximum absolute atomic E-state index is 13.1. The van der Waals surface area contributed by atoms with Gasteiger partial charge in [0.05, 0.1) is 12.6 Å². The van der Waals surface area contributed by atoms with Crippen LogP contribution in [0.15, 0.2) is 48.8 Å². The number of hydrogen-bond donors (Lipinski definition) is 3. The first-order chi connectivity index (χ1) is 12.4. The Labute approximate surface area is 149 Å². The number of benzene rings is 1. The quantitative estimate of drug-likeness (QED) is 0.761. The number of alkyl halides is 2. The van der Waals surface area contributed by atoms with Crippen LogP contribution in [0.3, 0.4) is 0 Å². The van der Waals surface area contributed by atoms with E-state index in [9.17, 15) is 18.4 Å². The number of pyridine rings is 1. The molecule has 26 heavy (non-hydrogen) atoms. The molecule has 3 rings (SSSR count). The summed E-state index contributed by atoms with van der Waals surface area (Å²) in [5.41, 5.74) is 1.87. The van der Waals surface area contributed by atoms with Crippen molar-refractivity contribution in [3.63, 3.8) is 0 Å². The van der Waals surface area contributed by atoms with Crippen LogP contribution in [0.25, 0.3) is 0 Å². The van der Waals surface area contributed by atoms with Gasteiger partial charge in [0, 0.05) is 36.6 Å².